The maximum absolute atomic E-state index is 8.96. The Morgan fingerprint density at radius 1 is 1.17 bits per heavy atom. The van der Waals surface area contributed by atoms with Crippen LogP contribution in [0.4, 0.5) is 0 Å². The third-order valence-corrected chi connectivity index (χ3v) is 6.57. The molecule has 2 saturated carbocycles. The summed E-state index contributed by atoms with van der Waals surface area (Å²) in [5.74, 6) is 2.52. The first-order valence-electron chi connectivity index (χ1n) is 8.96. The van der Waals surface area contributed by atoms with Gasteiger partial charge in [-0.2, -0.15) is 5.26 Å². The maximum atomic E-state index is 8.96. The molecule has 2 aliphatic carbocycles. The van der Waals surface area contributed by atoms with E-state index in [0.29, 0.717) is 24.3 Å². The summed E-state index contributed by atoms with van der Waals surface area (Å²) in [6.45, 7) is 0. The molecular formula is C19H20N4S. The van der Waals surface area contributed by atoms with Crippen LogP contribution >= 0.6 is 11.3 Å². The molecule has 3 aromatic rings. The zero-order valence-corrected chi connectivity index (χ0v) is 14.4. The van der Waals surface area contributed by atoms with Gasteiger partial charge in [-0.05, 0) is 55.9 Å². The molecule has 4 nitrogen and oxygen atoms in total. The average Bonchev–Trinajstić information content (AvgIpc) is 3.20. The summed E-state index contributed by atoms with van der Waals surface area (Å²) >= 11 is 1.78. The molecule has 122 valence electrons. The van der Waals surface area contributed by atoms with Gasteiger partial charge in [0.2, 0.25) is 0 Å². The Balaban J connectivity index is 1.62. The minimum absolute atomic E-state index is 0.535. The van der Waals surface area contributed by atoms with E-state index in [0.717, 1.165) is 11.0 Å². The molecule has 0 spiro atoms. The van der Waals surface area contributed by atoms with E-state index in [1.165, 1.54) is 54.6 Å². The predicted molar refractivity (Wildman–Crippen MR) is 96.1 cm³/mol. The minimum atomic E-state index is 0.535. The van der Waals surface area contributed by atoms with Crippen LogP contribution in [0, 0.1) is 17.2 Å². The molecule has 0 bridgehead atoms. The summed E-state index contributed by atoms with van der Waals surface area (Å²) in [5.41, 5.74) is 3.46. The number of thiophene rings is 1. The van der Waals surface area contributed by atoms with Gasteiger partial charge >= 0.3 is 0 Å². The largest absolute Gasteiger partial charge is 0.323 e. The number of imidazole rings is 1. The van der Waals surface area contributed by atoms with Crippen molar-refractivity contribution in [2.24, 2.45) is 5.92 Å². The lowest BCUT2D eigenvalue weighted by Crippen LogP contribution is -2.19. The van der Waals surface area contributed by atoms with Crippen LogP contribution in [0.3, 0.4) is 0 Å². The van der Waals surface area contributed by atoms with Crippen LogP contribution in [0.15, 0.2) is 17.6 Å². The van der Waals surface area contributed by atoms with Gasteiger partial charge in [0.15, 0.2) is 0 Å². The van der Waals surface area contributed by atoms with E-state index in [9.17, 15) is 0 Å². The fraction of sp³-hybridized carbons (Fsp3) is 0.526. The van der Waals surface area contributed by atoms with Crippen molar-refractivity contribution in [1.29, 1.82) is 5.26 Å². The smallest absolute Gasteiger partial charge is 0.113 e. The Morgan fingerprint density at radius 3 is 2.75 bits per heavy atom. The molecule has 2 aliphatic rings. The standard InChI is InChI=1S/C19H20N4S/c20-9-7-12-1-5-14(6-2-12)23-17-16(22-19(23)13-3-4-13)11-21-15-8-10-24-18(15)17/h8,10-14H,1-7H2. The van der Waals surface area contributed by atoms with Crippen molar-refractivity contribution >= 4 is 32.6 Å². The molecule has 2 fully saturated rings. The topological polar surface area (TPSA) is 54.5 Å². The van der Waals surface area contributed by atoms with Gasteiger partial charge in [0, 0.05) is 18.4 Å². The Morgan fingerprint density at radius 2 is 2.00 bits per heavy atom. The lowest BCUT2D eigenvalue weighted by molar-refractivity contribution is 0.278. The number of nitriles is 1. The van der Waals surface area contributed by atoms with Gasteiger partial charge in [0.05, 0.1) is 28.0 Å². The molecule has 24 heavy (non-hydrogen) atoms. The van der Waals surface area contributed by atoms with Crippen molar-refractivity contribution < 1.29 is 0 Å². The third-order valence-electron chi connectivity index (χ3n) is 5.65. The number of nitrogens with zero attached hydrogens (tertiary/aromatic N) is 4. The van der Waals surface area contributed by atoms with Crippen molar-refractivity contribution in [1.82, 2.24) is 14.5 Å². The van der Waals surface area contributed by atoms with E-state index in [-0.39, 0.29) is 0 Å². The predicted octanol–water partition coefficient (Wildman–Crippen LogP) is 5.17. The van der Waals surface area contributed by atoms with E-state index >= 15 is 0 Å². The summed E-state index contributed by atoms with van der Waals surface area (Å²) < 4.78 is 3.85. The fourth-order valence-electron chi connectivity index (χ4n) is 4.23. The normalized spacial score (nSPS) is 24.5. The molecule has 3 heterocycles. The van der Waals surface area contributed by atoms with Gasteiger partial charge in [-0.3, -0.25) is 4.98 Å². The van der Waals surface area contributed by atoms with Crippen LogP contribution in [-0.2, 0) is 0 Å². The Hall–Kier alpha value is -1.93. The molecule has 3 aromatic heterocycles. The number of aromatic nitrogens is 3. The first-order chi connectivity index (χ1) is 11.8. The average molecular weight is 336 g/mol. The van der Waals surface area contributed by atoms with Crippen LogP contribution in [0.2, 0.25) is 0 Å². The zero-order chi connectivity index (χ0) is 16.1. The van der Waals surface area contributed by atoms with E-state index < -0.39 is 0 Å². The molecule has 0 aromatic carbocycles. The van der Waals surface area contributed by atoms with Crippen LogP contribution in [0.1, 0.15) is 62.7 Å². The van der Waals surface area contributed by atoms with Crippen molar-refractivity contribution in [3.63, 3.8) is 0 Å². The second kappa shape index (κ2) is 5.56. The van der Waals surface area contributed by atoms with Gasteiger partial charge in [0.25, 0.3) is 0 Å². The maximum Gasteiger partial charge on any atom is 0.113 e. The highest BCUT2D eigenvalue weighted by Gasteiger charge is 2.34. The number of pyridine rings is 1. The number of rotatable bonds is 3. The Kier molecular flexibility index (Phi) is 3.34. The molecule has 0 amide bonds. The molecule has 0 unspecified atom stereocenters. The molecule has 5 heteroatoms. The van der Waals surface area contributed by atoms with Crippen molar-refractivity contribution in [3.8, 4) is 6.07 Å². The highest BCUT2D eigenvalue weighted by Crippen LogP contribution is 2.45. The highest BCUT2D eigenvalue weighted by molar-refractivity contribution is 7.18. The quantitative estimate of drug-likeness (QED) is 0.663. The SMILES string of the molecule is N#CCC1CCC(n2c(C3CC3)nc3cnc4ccsc4c32)CC1. The van der Waals surface area contributed by atoms with Gasteiger partial charge < -0.3 is 4.57 Å². The summed E-state index contributed by atoms with van der Waals surface area (Å²) in [5, 5.41) is 11.1. The van der Waals surface area contributed by atoms with Gasteiger partial charge in [0.1, 0.15) is 11.3 Å². The number of hydrogen-bond donors (Lipinski definition) is 0. The van der Waals surface area contributed by atoms with Crippen LogP contribution in [0.25, 0.3) is 21.3 Å². The van der Waals surface area contributed by atoms with Crippen molar-refractivity contribution in [3.05, 3.63) is 23.5 Å². The van der Waals surface area contributed by atoms with Crippen molar-refractivity contribution in [2.45, 2.75) is 56.9 Å². The molecular weight excluding hydrogens is 316 g/mol. The zero-order valence-electron chi connectivity index (χ0n) is 13.6. The molecule has 0 atom stereocenters. The van der Waals surface area contributed by atoms with Gasteiger partial charge in [-0.15, -0.1) is 11.3 Å². The Labute approximate surface area is 145 Å². The Bertz CT molecular complexity index is 935. The minimum Gasteiger partial charge on any atom is -0.323 e. The lowest BCUT2D eigenvalue weighted by atomic mass is 9.84. The van der Waals surface area contributed by atoms with Crippen LogP contribution in [-0.4, -0.2) is 14.5 Å². The first kappa shape index (κ1) is 14.4. The molecule has 0 saturated heterocycles. The van der Waals surface area contributed by atoms with Gasteiger partial charge in [-0.25, -0.2) is 4.98 Å². The third kappa shape index (κ3) is 2.24. The first-order valence-corrected chi connectivity index (χ1v) is 9.84. The van der Waals surface area contributed by atoms with E-state index in [4.69, 9.17) is 10.2 Å². The summed E-state index contributed by atoms with van der Waals surface area (Å²) in [6, 6.07) is 5.00. The molecule has 0 aliphatic heterocycles. The second-order valence-electron chi connectivity index (χ2n) is 7.28. The number of fused-ring (bicyclic) bond motifs is 3. The van der Waals surface area contributed by atoms with Crippen LogP contribution < -0.4 is 0 Å². The van der Waals surface area contributed by atoms with E-state index in [2.05, 4.69) is 27.1 Å². The summed E-state index contributed by atoms with van der Waals surface area (Å²) in [7, 11) is 0. The van der Waals surface area contributed by atoms with Crippen LogP contribution in [0.5, 0.6) is 0 Å². The fourth-order valence-corrected chi connectivity index (χ4v) is 5.12. The molecule has 5 rings (SSSR count). The lowest BCUT2D eigenvalue weighted by Gasteiger charge is -2.30. The second-order valence-corrected chi connectivity index (χ2v) is 8.19. The van der Waals surface area contributed by atoms with Crippen molar-refractivity contribution in [2.75, 3.05) is 0 Å². The summed E-state index contributed by atoms with van der Waals surface area (Å²) in [6.07, 6.45) is 9.89. The van der Waals surface area contributed by atoms with E-state index in [1.54, 1.807) is 11.3 Å². The number of hydrogen-bond acceptors (Lipinski definition) is 4. The van der Waals surface area contributed by atoms with Gasteiger partial charge in [-0.1, -0.05) is 0 Å². The summed E-state index contributed by atoms with van der Waals surface area (Å²) in [4.78, 5) is 9.57. The van der Waals surface area contributed by atoms with E-state index in [1.807, 2.05) is 6.20 Å². The molecule has 0 radical (unpaired) electrons. The molecule has 0 N–H and O–H groups in total. The monoisotopic (exact) mass is 336 g/mol. The highest BCUT2D eigenvalue weighted by atomic mass is 32.1.